The molecule has 1 aromatic carbocycles. The van der Waals surface area contributed by atoms with Gasteiger partial charge in [-0.3, -0.25) is 0 Å². The number of nitrogens with one attached hydrogen (secondary N) is 1. The van der Waals surface area contributed by atoms with Crippen LogP contribution < -0.4 is 10.5 Å². The normalized spacial score (nSPS) is 12.1. The lowest BCUT2D eigenvalue weighted by atomic mass is 10.3. The van der Waals surface area contributed by atoms with Crippen molar-refractivity contribution in [1.82, 2.24) is 9.62 Å². The molecular formula is C12H19BrClN3O2S. The number of sulfonamides is 1. The van der Waals surface area contributed by atoms with Crippen molar-refractivity contribution >= 4 is 43.2 Å². The van der Waals surface area contributed by atoms with Gasteiger partial charge in [0, 0.05) is 23.8 Å². The summed E-state index contributed by atoms with van der Waals surface area (Å²) in [6, 6.07) is 2.88. The van der Waals surface area contributed by atoms with Crippen molar-refractivity contribution in [2.24, 2.45) is 0 Å². The SMILES string of the molecule is CCN(CC)CCNS(=O)(=O)c1cc(Cl)cc(N)c1Br. The van der Waals surface area contributed by atoms with Crippen LogP contribution in [0.25, 0.3) is 0 Å². The summed E-state index contributed by atoms with van der Waals surface area (Å²) in [5.74, 6) is 0. The highest BCUT2D eigenvalue weighted by Gasteiger charge is 2.20. The van der Waals surface area contributed by atoms with Crippen molar-refractivity contribution in [3.63, 3.8) is 0 Å². The van der Waals surface area contributed by atoms with Gasteiger partial charge in [-0.05, 0) is 41.2 Å². The zero-order valence-electron chi connectivity index (χ0n) is 11.5. The molecule has 20 heavy (non-hydrogen) atoms. The van der Waals surface area contributed by atoms with E-state index in [1.807, 2.05) is 13.8 Å². The third kappa shape index (κ3) is 4.60. The van der Waals surface area contributed by atoms with Gasteiger partial charge in [-0.2, -0.15) is 0 Å². The summed E-state index contributed by atoms with van der Waals surface area (Å²) in [5.41, 5.74) is 6.00. The van der Waals surface area contributed by atoms with Gasteiger partial charge in [0.1, 0.15) is 0 Å². The maximum absolute atomic E-state index is 12.2. The quantitative estimate of drug-likeness (QED) is 0.707. The minimum Gasteiger partial charge on any atom is -0.398 e. The summed E-state index contributed by atoms with van der Waals surface area (Å²) in [6.45, 7) is 6.82. The van der Waals surface area contributed by atoms with E-state index in [1.54, 1.807) is 0 Å². The lowest BCUT2D eigenvalue weighted by molar-refractivity contribution is 0.309. The molecule has 0 aliphatic heterocycles. The van der Waals surface area contributed by atoms with E-state index in [-0.39, 0.29) is 9.92 Å². The number of benzene rings is 1. The Morgan fingerprint density at radius 2 is 1.95 bits per heavy atom. The molecule has 0 aliphatic rings. The molecule has 114 valence electrons. The van der Waals surface area contributed by atoms with Crippen LogP contribution in [0.1, 0.15) is 13.8 Å². The van der Waals surface area contributed by atoms with Gasteiger partial charge < -0.3 is 10.6 Å². The van der Waals surface area contributed by atoms with Crippen molar-refractivity contribution in [2.45, 2.75) is 18.7 Å². The smallest absolute Gasteiger partial charge is 0.241 e. The van der Waals surface area contributed by atoms with E-state index in [2.05, 4.69) is 25.6 Å². The molecule has 1 aromatic rings. The lowest BCUT2D eigenvalue weighted by Crippen LogP contribution is -2.35. The fourth-order valence-electron chi connectivity index (χ4n) is 1.74. The number of nitrogens with two attached hydrogens (primary N) is 1. The van der Waals surface area contributed by atoms with E-state index in [0.717, 1.165) is 13.1 Å². The zero-order chi connectivity index (χ0) is 15.3. The summed E-state index contributed by atoms with van der Waals surface area (Å²) in [7, 11) is -3.64. The molecule has 1 rings (SSSR count). The molecule has 0 aromatic heterocycles. The summed E-state index contributed by atoms with van der Waals surface area (Å²) < 4.78 is 27.4. The molecule has 0 heterocycles. The van der Waals surface area contributed by atoms with E-state index >= 15 is 0 Å². The highest BCUT2D eigenvalue weighted by molar-refractivity contribution is 9.10. The number of nitrogens with zero attached hydrogens (tertiary/aromatic N) is 1. The first-order chi connectivity index (χ1) is 9.31. The Morgan fingerprint density at radius 1 is 1.35 bits per heavy atom. The molecule has 0 aliphatic carbocycles. The Labute approximate surface area is 133 Å². The fourth-order valence-corrected chi connectivity index (χ4v) is 4.05. The Bertz CT molecular complexity index is 562. The van der Waals surface area contributed by atoms with Crippen LogP contribution in [0.5, 0.6) is 0 Å². The second kappa shape index (κ2) is 7.61. The molecule has 0 radical (unpaired) electrons. The Morgan fingerprint density at radius 3 is 2.50 bits per heavy atom. The van der Waals surface area contributed by atoms with Crippen LogP contribution in [0.15, 0.2) is 21.5 Å². The predicted molar refractivity (Wildman–Crippen MR) is 86.5 cm³/mol. The number of hydrogen-bond acceptors (Lipinski definition) is 4. The number of halogens is 2. The van der Waals surface area contributed by atoms with Gasteiger partial charge in [0.2, 0.25) is 10.0 Å². The molecule has 5 nitrogen and oxygen atoms in total. The van der Waals surface area contributed by atoms with Crippen LogP contribution in [0.2, 0.25) is 5.02 Å². The number of anilines is 1. The largest absolute Gasteiger partial charge is 0.398 e. The third-order valence-corrected chi connectivity index (χ3v) is 5.79. The van der Waals surface area contributed by atoms with Gasteiger partial charge in [0.15, 0.2) is 0 Å². The molecule has 0 fully saturated rings. The van der Waals surface area contributed by atoms with Crippen molar-refractivity contribution in [3.8, 4) is 0 Å². The third-order valence-electron chi connectivity index (χ3n) is 2.94. The highest BCUT2D eigenvalue weighted by atomic mass is 79.9. The minimum absolute atomic E-state index is 0.0575. The molecular weight excluding hydrogens is 366 g/mol. The monoisotopic (exact) mass is 383 g/mol. The second-order valence-electron chi connectivity index (χ2n) is 4.23. The molecule has 0 spiro atoms. The first-order valence-electron chi connectivity index (χ1n) is 6.28. The van der Waals surface area contributed by atoms with Gasteiger partial charge in [-0.25, -0.2) is 13.1 Å². The topological polar surface area (TPSA) is 75.4 Å². The summed E-state index contributed by atoms with van der Waals surface area (Å²) >= 11 is 9.04. The van der Waals surface area contributed by atoms with E-state index in [9.17, 15) is 8.42 Å². The Hall–Kier alpha value is -0.340. The van der Waals surface area contributed by atoms with Gasteiger partial charge in [0.25, 0.3) is 0 Å². The Balaban J connectivity index is 2.85. The van der Waals surface area contributed by atoms with Crippen molar-refractivity contribution in [3.05, 3.63) is 21.6 Å². The summed E-state index contributed by atoms with van der Waals surface area (Å²) in [5, 5.41) is 0.287. The molecule has 0 saturated heterocycles. The average Bonchev–Trinajstić information content (AvgIpc) is 2.38. The molecule has 8 heteroatoms. The van der Waals surface area contributed by atoms with Gasteiger partial charge >= 0.3 is 0 Å². The van der Waals surface area contributed by atoms with E-state index < -0.39 is 10.0 Å². The number of nitrogen functional groups attached to an aromatic ring is 1. The first kappa shape index (κ1) is 17.7. The predicted octanol–water partition coefficient (Wildman–Crippen LogP) is 2.30. The standard InChI is InChI=1S/C12H19BrClN3O2S/c1-3-17(4-2)6-5-16-20(18,19)11-8-9(14)7-10(15)12(11)13/h7-8,16H,3-6,15H2,1-2H3. The van der Waals surface area contributed by atoms with E-state index in [0.29, 0.717) is 23.2 Å². The molecule has 0 saturated carbocycles. The summed E-state index contributed by atoms with van der Waals surface area (Å²) in [4.78, 5) is 2.19. The zero-order valence-corrected chi connectivity index (χ0v) is 14.6. The number of hydrogen-bond donors (Lipinski definition) is 2. The van der Waals surface area contributed by atoms with Gasteiger partial charge in [-0.1, -0.05) is 25.4 Å². The maximum atomic E-state index is 12.2. The maximum Gasteiger partial charge on any atom is 0.241 e. The van der Waals surface area contributed by atoms with Crippen molar-refractivity contribution < 1.29 is 8.42 Å². The van der Waals surface area contributed by atoms with Crippen LogP contribution in [0.4, 0.5) is 5.69 Å². The number of likely N-dealkylation sites (N-methyl/N-ethyl adjacent to an activating group) is 1. The highest BCUT2D eigenvalue weighted by Crippen LogP contribution is 2.31. The van der Waals surface area contributed by atoms with Crippen LogP contribution in [0, 0.1) is 0 Å². The van der Waals surface area contributed by atoms with E-state index in [1.165, 1.54) is 12.1 Å². The molecule has 0 amide bonds. The van der Waals surface area contributed by atoms with Crippen molar-refractivity contribution in [2.75, 3.05) is 31.9 Å². The second-order valence-corrected chi connectivity index (χ2v) is 7.20. The minimum atomic E-state index is -3.64. The molecule has 0 atom stereocenters. The van der Waals surface area contributed by atoms with Crippen LogP contribution >= 0.6 is 27.5 Å². The van der Waals surface area contributed by atoms with Crippen LogP contribution in [0.3, 0.4) is 0 Å². The molecule has 0 unspecified atom stereocenters. The van der Waals surface area contributed by atoms with Crippen molar-refractivity contribution in [1.29, 1.82) is 0 Å². The first-order valence-corrected chi connectivity index (χ1v) is 8.93. The van der Waals surface area contributed by atoms with Crippen LogP contribution in [-0.2, 0) is 10.0 Å². The number of rotatable bonds is 7. The molecule has 0 bridgehead atoms. The lowest BCUT2D eigenvalue weighted by Gasteiger charge is -2.18. The van der Waals surface area contributed by atoms with Gasteiger partial charge in [-0.15, -0.1) is 0 Å². The van der Waals surface area contributed by atoms with Gasteiger partial charge in [0.05, 0.1) is 9.37 Å². The summed E-state index contributed by atoms with van der Waals surface area (Å²) in [6.07, 6.45) is 0. The fraction of sp³-hybridized carbons (Fsp3) is 0.500. The van der Waals surface area contributed by atoms with E-state index in [4.69, 9.17) is 17.3 Å². The Kier molecular flexibility index (Phi) is 6.74. The van der Waals surface area contributed by atoms with Crippen LogP contribution in [-0.4, -0.2) is 39.5 Å². The average molecular weight is 385 g/mol. The molecule has 3 N–H and O–H groups in total.